The Balaban J connectivity index is 2.56. The Morgan fingerprint density at radius 3 is 2.76 bits per heavy atom. The highest BCUT2D eigenvalue weighted by atomic mass is 35.5. The summed E-state index contributed by atoms with van der Waals surface area (Å²) < 4.78 is 10.6. The quantitative estimate of drug-likeness (QED) is 0.863. The van der Waals surface area contributed by atoms with Crippen LogP contribution in [-0.2, 0) is 0 Å². The van der Waals surface area contributed by atoms with Gasteiger partial charge in [0.1, 0.15) is 17.2 Å². The van der Waals surface area contributed by atoms with E-state index in [0.717, 1.165) is 0 Å². The second-order valence-electron chi connectivity index (χ2n) is 3.42. The number of aliphatic hydroxyl groups excluding tert-OH is 1. The van der Waals surface area contributed by atoms with Crippen molar-refractivity contribution in [1.29, 1.82) is 0 Å². The van der Waals surface area contributed by atoms with Gasteiger partial charge in [-0.25, -0.2) is 4.79 Å². The fraction of sp³-hybridized carbons (Fsp3) is 0.300. The van der Waals surface area contributed by atoms with Gasteiger partial charge in [0, 0.05) is 0 Å². The van der Waals surface area contributed by atoms with E-state index in [-0.39, 0.29) is 40.3 Å². The zero-order valence-electron chi connectivity index (χ0n) is 8.44. The molecule has 7 heteroatoms. The third-order valence-electron chi connectivity index (χ3n) is 2.26. The molecule has 0 bridgehead atoms. The molecule has 0 fully saturated rings. The number of halogens is 2. The molecule has 0 aliphatic carbocycles. The van der Waals surface area contributed by atoms with Crippen LogP contribution in [0.1, 0.15) is 10.4 Å². The molecule has 1 atom stereocenters. The average Bonchev–Trinajstić information content (AvgIpc) is 2.32. The van der Waals surface area contributed by atoms with Gasteiger partial charge in [-0.2, -0.15) is 0 Å². The molecule has 17 heavy (non-hydrogen) atoms. The molecule has 1 aromatic rings. The van der Waals surface area contributed by atoms with Gasteiger partial charge in [0.05, 0.1) is 11.6 Å². The summed E-state index contributed by atoms with van der Waals surface area (Å²) in [6.07, 6.45) is -0.583. The minimum absolute atomic E-state index is 0.0385. The molecule has 0 spiro atoms. The third-order valence-corrected chi connectivity index (χ3v) is 3.03. The van der Waals surface area contributed by atoms with E-state index in [2.05, 4.69) is 0 Å². The number of benzene rings is 1. The standard InChI is InChI=1S/C10H8Cl2O5/c11-6-1-5(10(14)15)8-9(7(6)12)17-4(2-13)3-16-8/h1,4,13H,2-3H2,(H,14,15). The lowest BCUT2D eigenvalue weighted by Crippen LogP contribution is -2.33. The molecule has 0 radical (unpaired) electrons. The van der Waals surface area contributed by atoms with Crippen molar-refractivity contribution < 1.29 is 24.5 Å². The molecular formula is C10H8Cl2O5. The van der Waals surface area contributed by atoms with Crippen molar-refractivity contribution in [2.75, 3.05) is 13.2 Å². The Bertz CT molecular complexity index is 474. The van der Waals surface area contributed by atoms with Crippen molar-refractivity contribution in [2.45, 2.75) is 6.10 Å². The predicted octanol–water partition coefficient (Wildman–Crippen LogP) is 1.82. The van der Waals surface area contributed by atoms with Gasteiger partial charge in [-0.15, -0.1) is 0 Å². The number of fused-ring (bicyclic) bond motifs is 1. The summed E-state index contributed by atoms with van der Waals surface area (Å²) >= 11 is 11.7. The van der Waals surface area contributed by atoms with Crippen LogP contribution in [0.2, 0.25) is 10.0 Å². The molecule has 0 aromatic heterocycles. The van der Waals surface area contributed by atoms with Gasteiger partial charge in [-0.05, 0) is 6.07 Å². The van der Waals surface area contributed by atoms with Gasteiger partial charge < -0.3 is 19.7 Å². The SMILES string of the molecule is O=C(O)c1cc(Cl)c(Cl)c2c1OCC(CO)O2. The van der Waals surface area contributed by atoms with Gasteiger partial charge in [0.2, 0.25) is 0 Å². The number of aromatic carboxylic acids is 1. The van der Waals surface area contributed by atoms with E-state index in [1.807, 2.05) is 0 Å². The molecule has 2 N–H and O–H groups in total. The van der Waals surface area contributed by atoms with E-state index in [9.17, 15) is 4.79 Å². The lowest BCUT2D eigenvalue weighted by molar-refractivity contribution is 0.0433. The van der Waals surface area contributed by atoms with Crippen molar-refractivity contribution >= 4 is 29.2 Å². The first-order chi connectivity index (χ1) is 8.04. The second-order valence-corrected chi connectivity index (χ2v) is 4.20. The third kappa shape index (κ3) is 2.13. The monoisotopic (exact) mass is 278 g/mol. The lowest BCUT2D eigenvalue weighted by Gasteiger charge is -2.27. The topological polar surface area (TPSA) is 76.0 Å². The molecule has 1 heterocycles. The number of carboxylic acids is 1. The van der Waals surface area contributed by atoms with Crippen molar-refractivity contribution in [3.8, 4) is 11.5 Å². The summed E-state index contributed by atoms with van der Waals surface area (Å²) in [6.45, 7) is -0.202. The van der Waals surface area contributed by atoms with Crippen LogP contribution in [0, 0.1) is 0 Å². The first-order valence-corrected chi connectivity index (χ1v) is 5.45. The molecule has 92 valence electrons. The predicted molar refractivity (Wildman–Crippen MR) is 60.4 cm³/mol. The number of carbonyl (C=O) groups is 1. The van der Waals surface area contributed by atoms with E-state index in [1.165, 1.54) is 6.07 Å². The van der Waals surface area contributed by atoms with Gasteiger partial charge in [0.15, 0.2) is 17.6 Å². The fourth-order valence-corrected chi connectivity index (χ4v) is 1.84. The number of ether oxygens (including phenoxy) is 2. The van der Waals surface area contributed by atoms with Gasteiger partial charge in [-0.1, -0.05) is 23.2 Å². The van der Waals surface area contributed by atoms with Crippen molar-refractivity contribution in [1.82, 2.24) is 0 Å². The molecule has 2 rings (SSSR count). The summed E-state index contributed by atoms with van der Waals surface area (Å²) in [6, 6.07) is 1.20. The van der Waals surface area contributed by atoms with Crippen molar-refractivity contribution in [3.05, 3.63) is 21.7 Å². The number of carboxylic acid groups (broad SMARTS) is 1. The number of hydrogen-bond acceptors (Lipinski definition) is 4. The second kappa shape index (κ2) is 4.60. The van der Waals surface area contributed by atoms with Crippen LogP contribution in [0.5, 0.6) is 11.5 Å². The Hall–Kier alpha value is -1.17. The lowest BCUT2D eigenvalue weighted by atomic mass is 10.1. The van der Waals surface area contributed by atoms with Crippen LogP contribution in [0.15, 0.2) is 6.07 Å². The largest absolute Gasteiger partial charge is 0.485 e. The summed E-state index contributed by atoms with van der Waals surface area (Å²) in [5.74, 6) is -1.09. The van der Waals surface area contributed by atoms with Crippen LogP contribution in [0.3, 0.4) is 0 Å². The molecule has 0 saturated carbocycles. The normalized spacial score (nSPS) is 17.9. The van der Waals surface area contributed by atoms with Crippen molar-refractivity contribution in [2.24, 2.45) is 0 Å². The highest BCUT2D eigenvalue weighted by molar-refractivity contribution is 6.43. The summed E-state index contributed by atoms with van der Waals surface area (Å²) in [4.78, 5) is 11.0. The van der Waals surface area contributed by atoms with E-state index in [4.69, 9.17) is 42.9 Å². The zero-order valence-corrected chi connectivity index (χ0v) is 9.96. The molecule has 1 aromatic carbocycles. The van der Waals surface area contributed by atoms with Crippen molar-refractivity contribution in [3.63, 3.8) is 0 Å². The van der Waals surface area contributed by atoms with Gasteiger partial charge in [-0.3, -0.25) is 0 Å². The fourth-order valence-electron chi connectivity index (χ4n) is 1.46. The van der Waals surface area contributed by atoms with Crippen LogP contribution in [-0.4, -0.2) is 35.5 Å². The molecule has 0 saturated heterocycles. The molecule has 1 aliphatic heterocycles. The average molecular weight is 279 g/mol. The number of aliphatic hydroxyl groups is 1. The maximum atomic E-state index is 11.0. The molecule has 5 nitrogen and oxygen atoms in total. The summed E-state index contributed by atoms with van der Waals surface area (Å²) in [5.41, 5.74) is -0.120. The maximum absolute atomic E-state index is 11.0. The minimum Gasteiger partial charge on any atom is -0.485 e. The van der Waals surface area contributed by atoms with E-state index >= 15 is 0 Å². The summed E-state index contributed by atoms with van der Waals surface area (Å²) in [5, 5.41) is 18.1. The van der Waals surface area contributed by atoms with Crippen LogP contribution >= 0.6 is 23.2 Å². The van der Waals surface area contributed by atoms with Gasteiger partial charge in [0.25, 0.3) is 0 Å². The highest BCUT2D eigenvalue weighted by Crippen LogP contribution is 2.45. The number of rotatable bonds is 2. The smallest absolute Gasteiger partial charge is 0.339 e. The molecule has 0 amide bonds. The van der Waals surface area contributed by atoms with Crippen LogP contribution in [0.4, 0.5) is 0 Å². The Labute approximate surface area is 106 Å². The zero-order chi connectivity index (χ0) is 12.6. The number of hydrogen-bond donors (Lipinski definition) is 2. The Kier molecular flexibility index (Phi) is 3.33. The van der Waals surface area contributed by atoms with E-state index in [1.54, 1.807) is 0 Å². The van der Waals surface area contributed by atoms with Crippen LogP contribution in [0.25, 0.3) is 0 Å². The first kappa shape index (κ1) is 12.3. The first-order valence-electron chi connectivity index (χ1n) is 4.70. The Morgan fingerprint density at radius 2 is 2.18 bits per heavy atom. The minimum atomic E-state index is -1.19. The van der Waals surface area contributed by atoms with Gasteiger partial charge >= 0.3 is 5.97 Å². The molecule has 1 unspecified atom stereocenters. The maximum Gasteiger partial charge on any atom is 0.339 e. The van der Waals surface area contributed by atoms with E-state index < -0.39 is 12.1 Å². The highest BCUT2D eigenvalue weighted by Gasteiger charge is 2.29. The molecular weight excluding hydrogens is 271 g/mol. The summed E-state index contributed by atoms with van der Waals surface area (Å²) in [7, 11) is 0. The Morgan fingerprint density at radius 1 is 1.47 bits per heavy atom. The van der Waals surface area contributed by atoms with E-state index in [0.29, 0.717) is 0 Å². The molecule has 1 aliphatic rings. The van der Waals surface area contributed by atoms with Crippen LogP contribution < -0.4 is 9.47 Å².